The van der Waals surface area contributed by atoms with E-state index in [4.69, 9.17) is 4.98 Å². The number of aryl methyl sites for hydroxylation is 4. The lowest BCUT2D eigenvalue weighted by molar-refractivity contribution is -0.121. The van der Waals surface area contributed by atoms with Gasteiger partial charge in [-0.2, -0.15) is 5.10 Å². The summed E-state index contributed by atoms with van der Waals surface area (Å²) < 4.78 is 1.82. The van der Waals surface area contributed by atoms with Crippen molar-refractivity contribution in [2.24, 2.45) is 7.05 Å². The largest absolute Gasteiger partial charge is 0.349 e. The maximum atomic E-state index is 12.3. The first-order chi connectivity index (χ1) is 11.9. The van der Waals surface area contributed by atoms with E-state index in [0.29, 0.717) is 12.8 Å². The predicted molar refractivity (Wildman–Crippen MR) is 102 cm³/mol. The summed E-state index contributed by atoms with van der Waals surface area (Å²) in [6.45, 7) is 8.14. The van der Waals surface area contributed by atoms with Gasteiger partial charge < -0.3 is 5.32 Å². The maximum absolute atomic E-state index is 12.3. The minimum absolute atomic E-state index is 0.0517. The molecule has 0 bridgehead atoms. The quantitative estimate of drug-likeness (QED) is 0.757. The molecule has 132 valence electrons. The van der Waals surface area contributed by atoms with Gasteiger partial charge in [0.15, 0.2) is 5.65 Å². The topological polar surface area (TPSA) is 59.8 Å². The summed E-state index contributed by atoms with van der Waals surface area (Å²) in [5.74, 6) is 0.0719. The van der Waals surface area contributed by atoms with E-state index in [0.717, 1.165) is 28.0 Å². The third kappa shape index (κ3) is 3.44. The predicted octanol–water partition coefficient (Wildman–Crippen LogP) is 3.77. The molecular weight excluding hydrogens is 332 g/mol. The SMILES string of the molecule is Cc1nc2c(c(C)nn2C)c(C)c1CCC(=O)NC(C)c1cccs1. The van der Waals surface area contributed by atoms with Crippen molar-refractivity contribution in [3.05, 3.63) is 44.9 Å². The average Bonchev–Trinajstić information content (AvgIpc) is 3.16. The van der Waals surface area contributed by atoms with Crippen LogP contribution in [0.25, 0.3) is 11.0 Å². The van der Waals surface area contributed by atoms with E-state index in [1.807, 2.05) is 50.0 Å². The van der Waals surface area contributed by atoms with Crippen LogP contribution in [0.4, 0.5) is 0 Å². The van der Waals surface area contributed by atoms with Gasteiger partial charge in [0.05, 0.1) is 11.7 Å². The molecule has 0 aliphatic heterocycles. The highest BCUT2D eigenvalue weighted by Crippen LogP contribution is 2.26. The highest BCUT2D eigenvalue weighted by Gasteiger charge is 2.17. The van der Waals surface area contributed by atoms with E-state index < -0.39 is 0 Å². The zero-order valence-electron chi connectivity index (χ0n) is 15.4. The molecule has 0 aliphatic rings. The fourth-order valence-corrected chi connectivity index (χ4v) is 4.13. The van der Waals surface area contributed by atoms with Crippen molar-refractivity contribution < 1.29 is 4.79 Å². The molecule has 0 spiro atoms. The maximum Gasteiger partial charge on any atom is 0.220 e. The lowest BCUT2D eigenvalue weighted by Crippen LogP contribution is -2.26. The molecule has 0 fully saturated rings. The fraction of sp³-hybridized carbons (Fsp3) is 0.421. The molecule has 1 amide bonds. The van der Waals surface area contributed by atoms with Crippen LogP contribution in [-0.2, 0) is 18.3 Å². The van der Waals surface area contributed by atoms with Crippen LogP contribution in [0.5, 0.6) is 0 Å². The second-order valence-electron chi connectivity index (χ2n) is 6.51. The molecule has 0 saturated carbocycles. The summed E-state index contributed by atoms with van der Waals surface area (Å²) in [6.07, 6.45) is 1.15. The molecule has 0 aromatic carbocycles. The van der Waals surface area contributed by atoms with Gasteiger partial charge in [-0.15, -0.1) is 11.3 Å². The Kier molecular flexibility index (Phi) is 4.90. The first-order valence-corrected chi connectivity index (χ1v) is 9.38. The molecule has 3 heterocycles. The summed E-state index contributed by atoms with van der Waals surface area (Å²) in [5.41, 5.74) is 5.22. The van der Waals surface area contributed by atoms with E-state index in [-0.39, 0.29) is 11.9 Å². The molecule has 0 saturated heterocycles. The van der Waals surface area contributed by atoms with E-state index in [9.17, 15) is 4.79 Å². The first kappa shape index (κ1) is 17.6. The van der Waals surface area contributed by atoms with E-state index in [2.05, 4.69) is 17.3 Å². The Morgan fingerprint density at radius 3 is 2.76 bits per heavy atom. The number of thiophene rings is 1. The molecule has 3 rings (SSSR count). The Morgan fingerprint density at radius 2 is 2.08 bits per heavy atom. The summed E-state index contributed by atoms with van der Waals surface area (Å²) in [6, 6.07) is 4.11. The van der Waals surface area contributed by atoms with Crippen molar-refractivity contribution in [3.63, 3.8) is 0 Å². The van der Waals surface area contributed by atoms with Crippen LogP contribution in [-0.4, -0.2) is 20.7 Å². The third-order valence-electron chi connectivity index (χ3n) is 4.68. The Hall–Kier alpha value is -2.21. The number of hydrogen-bond donors (Lipinski definition) is 1. The van der Waals surface area contributed by atoms with Crippen molar-refractivity contribution in [2.45, 2.75) is 46.6 Å². The fourth-order valence-electron chi connectivity index (χ4n) is 3.39. The number of nitrogens with zero attached hydrogens (tertiary/aromatic N) is 3. The minimum atomic E-state index is 0.0517. The highest BCUT2D eigenvalue weighted by atomic mass is 32.1. The summed E-state index contributed by atoms with van der Waals surface area (Å²) in [7, 11) is 1.92. The van der Waals surface area contributed by atoms with E-state index in [1.165, 1.54) is 10.4 Å². The standard InChI is InChI=1S/C19H24N4OS/c1-11-15(12(2)21-19-18(11)14(4)22-23(19)5)8-9-17(24)20-13(3)16-7-6-10-25-16/h6-7,10,13H,8-9H2,1-5H3,(H,20,24). The molecule has 1 N–H and O–H groups in total. The molecule has 0 aliphatic carbocycles. The number of rotatable bonds is 5. The number of aromatic nitrogens is 3. The molecule has 1 atom stereocenters. The van der Waals surface area contributed by atoms with Gasteiger partial charge in [-0.1, -0.05) is 6.07 Å². The normalized spacial score (nSPS) is 12.5. The Balaban J connectivity index is 1.75. The van der Waals surface area contributed by atoms with Gasteiger partial charge in [-0.05, 0) is 56.7 Å². The third-order valence-corrected chi connectivity index (χ3v) is 5.73. The van der Waals surface area contributed by atoms with Crippen molar-refractivity contribution in [1.82, 2.24) is 20.1 Å². The summed E-state index contributed by atoms with van der Waals surface area (Å²) >= 11 is 1.66. The summed E-state index contributed by atoms with van der Waals surface area (Å²) in [5, 5.41) is 10.7. The number of hydrogen-bond acceptors (Lipinski definition) is 4. The zero-order chi connectivity index (χ0) is 18.1. The van der Waals surface area contributed by atoms with Crippen LogP contribution in [0.2, 0.25) is 0 Å². The van der Waals surface area contributed by atoms with Gasteiger partial charge in [-0.25, -0.2) is 4.98 Å². The van der Waals surface area contributed by atoms with Crippen LogP contribution in [0.3, 0.4) is 0 Å². The van der Waals surface area contributed by atoms with Gasteiger partial charge in [0.1, 0.15) is 0 Å². The lowest BCUT2D eigenvalue weighted by Gasteiger charge is -2.14. The second-order valence-corrected chi connectivity index (χ2v) is 7.49. The van der Waals surface area contributed by atoms with Gasteiger partial charge in [0.25, 0.3) is 0 Å². The molecule has 0 radical (unpaired) electrons. The van der Waals surface area contributed by atoms with Crippen molar-refractivity contribution >= 4 is 28.3 Å². The van der Waals surface area contributed by atoms with Crippen molar-refractivity contribution in [3.8, 4) is 0 Å². The van der Waals surface area contributed by atoms with E-state index in [1.54, 1.807) is 11.3 Å². The molecule has 3 aromatic heterocycles. The molecule has 5 nitrogen and oxygen atoms in total. The number of carbonyl (C=O) groups is 1. The zero-order valence-corrected chi connectivity index (χ0v) is 16.2. The molecule has 25 heavy (non-hydrogen) atoms. The van der Waals surface area contributed by atoms with Crippen LogP contribution in [0.15, 0.2) is 17.5 Å². The van der Waals surface area contributed by atoms with Crippen LogP contribution in [0, 0.1) is 20.8 Å². The highest BCUT2D eigenvalue weighted by molar-refractivity contribution is 7.10. The monoisotopic (exact) mass is 356 g/mol. The van der Waals surface area contributed by atoms with Crippen molar-refractivity contribution in [1.29, 1.82) is 0 Å². The molecule has 1 unspecified atom stereocenters. The first-order valence-electron chi connectivity index (χ1n) is 8.50. The number of amides is 1. The van der Waals surface area contributed by atoms with Gasteiger partial charge in [-0.3, -0.25) is 9.48 Å². The molecular formula is C19H24N4OS. The van der Waals surface area contributed by atoms with Gasteiger partial charge >= 0.3 is 0 Å². The number of fused-ring (bicyclic) bond motifs is 1. The van der Waals surface area contributed by atoms with Crippen LogP contribution in [0.1, 0.15) is 46.8 Å². The smallest absolute Gasteiger partial charge is 0.220 e. The van der Waals surface area contributed by atoms with Gasteiger partial charge in [0, 0.05) is 29.4 Å². The summed E-state index contributed by atoms with van der Waals surface area (Å²) in [4.78, 5) is 18.2. The Bertz CT molecular complexity index is 912. The average molecular weight is 356 g/mol. The second kappa shape index (κ2) is 6.96. The van der Waals surface area contributed by atoms with Crippen molar-refractivity contribution in [2.75, 3.05) is 0 Å². The Morgan fingerprint density at radius 1 is 1.32 bits per heavy atom. The lowest BCUT2D eigenvalue weighted by atomic mass is 9.99. The van der Waals surface area contributed by atoms with Crippen LogP contribution < -0.4 is 5.32 Å². The Labute approximate surface area is 152 Å². The molecule has 6 heteroatoms. The van der Waals surface area contributed by atoms with E-state index >= 15 is 0 Å². The number of pyridine rings is 1. The number of nitrogens with one attached hydrogen (secondary N) is 1. The molecule has 3 aromatic rings. The van der Waals surface area contributed by atoms with Gasteiger partial charge in [0.2, 0.25) is 5.91 Å². The minimum Gasteiger partial charge on any atom is -0.349 e. The number of carbonyl (C=O) groups excluding carboxylic acids is 1. The van der Waals surface area contributed by atoms with Crippen LogP contribution >= 0.6 is 11.3 Å².